The molecule has 2 rings (SSSR count). The monoisotopic (exact) mass is 205 g/mol. The molecule has 2 nitrogen and oxygen atoms in total. The van der Waals surface area contributed by atoms with Crippen molar-refractivity contribution < 1.29 is 5.11 Å². The maximum atomic E-state index is 10.8. The third kappa shape index (κ3) is 1.80. The van der Waals surface area contributed by atoms with E-state index >= 15 is 0 Å². The molecule has 0 aromatic heterocycles. The number of hydrogen-bond acceptors (Lipinski definition) is 2. The van der Waals surface area contributed by atoms with Crippen molar-refractivity contribution in [2.45, 2.75) is 30.9 Å². The summed E-state index contributed by atoms with van der Waals surface area (Å²) in [4.78, 5) is 2.14. The van der Waals surface area contributed by atoms with Crippen molar-refractivity contribution in [2.75, 3.05) is 14.1 Å². The molecule has 1 aliphatic rings. The number of likely N-dealkylation sites (N-methyl/N-ethyl adjacent to an activating group) is 1. The average molecular weight is 205 g/mol. The van der Waals surface area contributed by atoms with Gasteiger partial charge in [0.15, 0.2) is 0 Å². The lowest BCUT2D eigenvalue weighted by Gasteiger charge is -2.35. The molecule has 1 aromatic rings. The summed E-state index contributed by atoms with van der Waals surface area (Å²) in [6, 6.07) is 10.3. The first kappa shape index (κ1) is 10.7. The molecule has 0 amide bonds. The van der Waals surface area contributed by atoms with E-state index in [0.717, 1.165) is 24.8 Å². The van der Waals surface area contributed by atoms with Gasteiger partial charge in [-0.05, 0) is 38.9 Å². The van der Waals surface area contributed by atoms with Gasteiger partial charge in [-0.3, -0.25) is 0 Å². The Morgan fingerprint density at radius 2 is 1.93 bits per heavy atom. The van der Waals surface area contributed by atoms with Crippen LogP contribution >= 0.6 is 0 Å². The predicted octanol–water partition coefficient (Wildman–Crippen LogP) is 1.99. The smallest absolute Gasteiger partial charge is 0.105 e. The van der Waals surface area contributed by atoms with Gasteiger partial charge in [0.2, 0.25) is 0 Å². The molecule has 0 heterocycles. The van der Waals surface area contributed by atoms with Crippen molar-refractivity contribution in [1.29, 1.82) is 0 Å². The second-order valence-electron chi connectivity index (χ2n) is 4.66. The van der Waals surface area contributed by atoms with E-state index in [1.54, 1.807) is 0 Å². The highest BCUT2D eigenvalue weighted by Crippen LogP contribution is 2.40. The molecule has 2 heteroatoms. The van der Waals surface area contributed by atoms with E-state index in [-0.39, 0.29) is 6.04 Å². The normalized spacial score (nSPS) is 31.1. The van der Waals surface area contributed by atoms with Gasteiger partial charge in [-0.15, -0.1) is 0 Å². The van der Waals surface area contributed by atoms with E-state index in [4.69, 9.17) is 0 Å². The first-order valence-corrected chi connectivity index (χ1v) is 5.59. The summed E-state index contributed by atoms with van der Waals surface area (Å²) in [6.45, 7) is 0. The Kier molecular flexibility index (Phi) is 2.81. The average Bonchev–Trinajstić information content (AvgIpc) is 2.63. The van der Waals surface area contributed by atoms with Crippen LogP contribution in [0.15, 0.2) is 30.3 Å². The van der Waals surface area contributed by atoms with Crippen LogP contribution in [0.5, 0.6) is 0 Å². The van der Waals surface area contributed by atoms with Gasteiger partial charge in [0.25, 0.3) is 0 Å². The summed E-state index contributed by atoms with van der Waals surface area (Å²) < 4.78 is 0. The SMILES string of the molecule is CN(C)[C@@H]1CCCC1(O)c1ccccc1. The van der Waals surface area contributed by atoms with Crippen LogP contribution < -0.4 is 0 Å². The minimum absolute atomic E-state index is 0.250. The van der Waals surface area contributed by atoms with Crippen molar-refractivity contribution >= 4 is 0 Å². The number of rotatable bonds is 2. The van der Waals surface area contributed by atoms with Crippen LogP contribution in [-0.2, 0) is 5.60 Å². The van der Waals surface area contributed by atoms with Crippen LogP contribution in [0, 0.1) is 0 Å². The molecule has 0 spiro atoms. The summed E-state index contributed by atoms with van der Waals surface area (Å²) in [5, 5.41) is 10.8. The fraction of sp³-hybridized carbons (Fsp3) is 0.538. The van der Waals surface area contributed by atoms with Gasteiger partial charge in [-0.1, -0.05) is 30.3 Å². The van der Waals surface area contributed by atoms with Gasteiger partial charge >= 0.3 is 0 Å². The van der Waals surface area contributed by atoms with Crippen LogP contribution in [0.1, 0.15) is 24.8 Å². The topological polar surface area (TPSA) is 23.5 Å². The van der Waals surface area contributed by atoms with Crippen LogP contribution in [0.3, 0.4) is 0 Å². The zero-order valence-electron chi connectivity index (χ0n) is 9.48. The summed E-state index contributed by atoms with van der Waals surface area (Å²) in [5.41, 5.74) is 0.409. The van der Waals surface area contributed by atoms with E-state index < -0.39 is 5.60 Å². The molecule has 0 bridgehead atoms. The lowest BCUT2D eigenvalue weighted by Crippen LogP contribution is -2.43. The van der Waals surface area contributed by atoms with Gasteiger partial charge in [-0.2, -0.15) is 0 Å². The first-order chi connectivity index (χ1) is 7.14. The molecule has 0 radical (unpaired) electrons. The Labute approximate surface area is 91.5 Å². The molecule has 1 fully saturated rings. The maximum Gasteiger partial charge on any atom is 0.105 e. The number of benzene rings is 1. The van der Waals surface area contributed by atoms with E-state index in [0.29, 0.717) is 0 Å². The molecule has 2 atom stereocenters. The quantitative estimate of drug-likeness (QED) is 0.798. The third-order valence-corrected chi connectivity index (χ3v) is 3.48. The highest BCUT2D eigenvalue weighted by molar-refractivity contribution is 5.25. The lowest BCUT2D eigenvalue weighted by molar-refractivity contribution is -0.0175. The second kappa shape index (κ2) is 3.95. The van der Waals surface area contributed by atoms with Crippen molar-refractivity contribution in [2.24, 2.45) is 0 Å². The maximum absolute atomic E-state index is 10.8. The zero-order chi connectivity index (χ0) is 10.9. The van der Waals surface area contributed by atoms with Gasteiger partial charge in [0.1, 0.15) is 5.60 Å². The molecular formula is C13H19NO. The van der Waals surface area contributed by atoms with Crippen LogP contribution in [0.25, 0.3) is 0 Å². The molecule has 15 heavy (non-hydrogen) atoms. The second-order valence-corrected chi connectivity index (χ2v) is 4.66. The minimum atomic E-state index is -0.648. The summed E-state index contributed by atoms with van der Waals surface area (Å²) in [7, 11) is 4.09. The minimum Gasteiger partial charge on any atom is -0.384 e. The molecule has 1 unspecified atom stereocenters. The van der Waals surface area contributed by atoms with Gasteiger partial charge < -0.3 is 10.0 Å². The van der Waals surface area contributed by atoms with Gasteiger partial charge in [-0.25, -0.2) is 0 Å². The summed E-state index contributed by atoms with van der Waals surface area (Å²) in [5.74, 6) is 0. The molecule has 82 valence electrons. The first-order valence-electron chi connectivity index (χ1n) is 5.59. The predicted molar refractivity (Wildman–Crippen MR) is 61.7 cm³/mol. The van der Waals surface area contributed by atoms with Gasteiger partial charge in [0.05, 0.1) is 0 Å². The Balaban J connectivity index is 2.33. The molecule has 0 aliphatic heterocycles. The number of nitrogens with zero attached hydrogens (tertiary/aromatic N) is 1. The van der Waals surface area contributed by atoms with E-state index in [2.05, 4.69) is 4.90 Å². The molecule has 1 saturated carbocycles. The lowest BCUT2D eigenvalue weighted by atomic mass is 9.88. The van der Waals surface area contributed by atoms with Crippen molar-refractivity contribution in [3.8, 4) is 0 Å². The van der Waals surface area contributed by atoms with Crippen molar-refractivity contribution in [3.63, 3.8) is 0 Å². The fourth-order valence-corrected chi connectivity index (χ4v) is 2.72. The fourth-order valence-electron chi connectivity index (χ4n) is 2.72. The van der Waals surface area contributed by atoms with Crippen LogP contribution in [0.4, 0.5) is 0 Å². The van der Waals surface area contributed by atoms with Crippen LogP contribution in [0.2, 0.25) is 0 Å². The number of aliphatic hydroxyl groups is 1. The van der Waals surface area contributed by atoms with Crippen molar-refractivity contribution in [1.82, 2.24) is 4.90 Å². The standard InChI is InChI=1S/C13H19NO/c1-14(2)12-9-6-10-13(12,15)11-7-4-3-5-8-11/h3-5,7-8,12,15H,6,9-10H2,1-2H3/t12-,13?/m1/s1. The largest absolute Gasteiger partial charge is 0.384 e. The van der Waals surface area contributed by atoms with E-state index in [1.807, 2.05) is 44.4 Å². The molecular weight excluding hydrogens is 186 g/mol. The molecule has 1 aromatic carbocycles. The van der Waals surface area contributed by atoms with Gasteiger partial charge in [0, 0.05) is 6.04 Å². The Hall–Kier alpha value is -0.860. The van der Waals surface area contributed by atoms with E-state index in [9.17, 15) is 5.11 Å². The van der Waals surface area contributed by atoms with Crippen LogP contribution in [-0.4, -0.2) is 30.1 Å². The zero-order valence-corrected chi connectivity index (χ0v) is 9.48. The molecule has 1 N–H and O–H groups in total. The highest BCUT2D eigenvalue weighted by atomic mass is 16.3. The molecule has 0 saturated heterocycles. The summed E-state index contributed by atoms with van der Waals surface area (Å²) in [6.07, 6.45) is 3.06. The highest BCUT2D eigenvalue weighted by Gasteiger charge is 2.43. The number of hydrogen-bond donors (Lipinski definition) is 1. The molecule has 1 aliphatic carbocycles. The summed E-state index contributed by atoms with van der Waals surface area (Å²) >= 11 is 0. The van der Waals surface area contributed by atoms with Crippen molar-refractivity contribution in [3.05, 3.63) is 35.9 Å². The third-order valence-electron chi connectivity index (χ3n) is 3.48. The Morgan fingerprint density at radius 1 is 1.27 bits per heavy atom. The Morgan fingerprint density at radius 3 is 2.53 bits per heavy atom. The Bertz CT molecular complexity index is 323. The van der Waals surface area contributed by atoms with E-state index in [1.165, 1.54) is 0 Å².